The molecule has 0 saturated heterocycles. The molecule has 4 aromatic rings. The molecule has 4 rings (SSSR count). The van der Waals surface area contributed by atoms with Crippen molar-refractivity contribution < 1.29 is 9.18 Å². The Kier molecular flexibility index (Phi) is 5.09. The third-order valence-electron chi connectivity index (χ3n) is 4.64. The number of H-pyrrole nitrogens is 1. The smallest absolute Gasteiger partial charge is 0.272 e. The number of aromatic nitrogens is 5. The van der Waals surface area contributed by atoms with Crippen molar-refractivity contribution in [2.24, 2.45) is 0 Å². The fourth-order valence-corrected chi connectivity index (χ4v) is 3.16. The van der Waals surface area contributed by atoms with Gasteiger partial charge in [-0.25, -0.2) is 18.9 Å². The molecule has 9 heteroatoms. The van der Waals surface area contributed by atoms with Crippen LogP contribution in [0.4, 0.5) is 4.39 Å². The largest absolute Gasteiger partial charge is 0.343 e. The highest BCUT2D eigenvalue weighted by atomic mass is 19.1. The Morgan fingerprint density at radius 1 is 1.17 bits per heavy atom. The second-order valence-corrected chi connectivity index (χ2v) is 7.04. The fraction of sp³-hybridized carbons (Fsp3) is 0.190. The van der Waals surface area contributed by atoms with Crippen LogP contribution in [0.5, 0.6) is 0 Å². The number of nitrogens with zero attached hydrogens (tertiary/aromatic N) is 4. The van der Waals surface area contributed by atoms with Gasteiger partial charge in [0.05, 0.1) is 23.6 Å². The maximum atomic E-state index is 13.4. The van der Waals surface area contributed by atoms with E-state index in [1.807, 2.05) is 6.92 Å². The van der Waals surface area contributed by atoms with E-state index in [0.29, 0.717) is 22.6 Å². The summed E-state index contributed by atoms with van der Waals surface area (Å²) in [6.07, 6.45) is 3.14. The van der Waals surface area contributed by atoms with Crippen LogP contribution in [0.2, 0.25) is 0 Å². The minimum absolute atomic E-state index is 0.164. The molecule has 0 aliphatic rings. The normalized spacial score (nSPS) is 12.1. The zero-order valence-electron chi connectivity index (χ0n) is 16.4. The van der Waals surface area contributed by atoms with Gasteiger partial charge >= 0.3 is 0 Å². The maximum absolute atomic E-state index is 13.4. The van der Waals surface area contributed by atoms with Crippen molar-refractivity contribution >= 4 is 11.6 Å². The molecule has 30 heavy (non-hydrogen) atoms. The molecule has 0 saturated carbocycles. The molecule has 2 N–H and O–H groups in total. The van der Waals surface area contributed by atoms with Crippen LogP contribution >= 0.6 is 0 Å². The Morgan fingerprint density at radius 3 is 2.63 bits per heavy atom. The van der Waals surface area contributed by atoms with Crippen molar-refractivity contribution in [3.63, 3.8) is 0 Å². The van der Waals surface area contributed by atoms with E-state index in [1.54, 1.807) is 25.1 Å². The summed E-state index contributed by atoms with van der Waals surface area (Å²) >= 11 is 0. The summed E-state index contributed by atoms with van der Waals surface area (Å²) < 4.78 is 14.8. The van der Waals surface area contributed by atoms with E-state index in [-0.39, 0.29) is 23.5 Å². The number of carbonyl (C=O) groups excluding carboxylic acids is 1. The first-order chi connectivity index (χ1) is 14.4. The van der Waals surface area contributed by atoms with Crippen LogP contribution in [-0.4, -0.2) is 30.5 Å². The Hall–Kier alpha value is -3.88. The van der Waals surface area contributed by atoms with E-state index in [0.717, 1.165) is 5.69 Å². The molecule has 0 fully saturated rings. The van der Waals surface area contributed by atoms with Gasteiger partial charge in [0.1, 0.15) is 11.5 Å². The molecule has 1 amide bonds. The van der Waals surface area contributed by atoms with Gasteiger partial charge in [-0.05, 0) is 31.5 Å². The van der Waals surface area contributed by atoms with Crippen molar-refractivity contribution in [2.45, 2.75) is 26.3 Å². The van der Waals surface area contributed by atoms with Gasteiger partial charge in [-0.3, -0.25) is 19.7 Å². The average Bonchev–Trinajstić information content (AvgIpc) is 3.09. The summed E-state index contributed by atoms with van der Waals surface area (Å²) in [5.41, 5.74) is 3.08. The molecular weight excluding hydrogens is 387 g/mol. The van der Waals surface area contributed by atoms with E-state index in [4.69, 9.17) is 0 Å². The first-order valence-corrected chi connectivity index (χ1v) is 9.32. The number of fused-ring (bicyclic) bond motifs is 1. The van der Waals surface area contributed by atoms with Gasteiger partial charge in [0, 0.05) is 30.4 Å². The average molecular weight is 406 g/mol. The van der Waals surface area contributed by atoms with E-state index < -0.39 is 11.9 Å². The number of rotatable bonds is 5. The summed E-state index contributed by atoms with van der Waals surface area (Å²) in [5, 5.41) is 5.81. The minimum atomic E-state index is -0.546. The van der Waals surface area contributed by atoms with E-state index in [2.05, 4.69) is 25.4 Å². The molecular formula is C21H19FN6O2. The highest BCUT2D eigenvalue weighted by Gasteiger charge is 2.19. The molecule has 3 heterocycles. The monoisotopic (exact) mass is 406 g/mol. The van der Waals surface area contributed by atoms with Crippen LogP contribution in [-0.2, 0) is 6.42 Å². The van der Waals surface area contributed by atoms with Crippen molar-refractivity contribution in [1.29, 1.82) is 0 Å². The Labute approximate surface area is 170 Å². The molecule has 0 unspecified atom stereocenters. The standard InChI is InChI=1S/C21H19FN6O2/c1-12-7-19-25-16(9-20(29)28(19)27-12)8-17(14-3-5-15(22)6-4-14)26-21(30)18-11-23-13(2)10-24-18/h3-7,9-11,17,27H,8H2,1-2H3,(H,26,30)/t17-/m1/s1. The van der Waals surface area contributed by atoms with Crippen LogP contribution in [0.15, 0.2) is 53.6 Å². The number of benzene rings is 1. The van der Waals surface area contributed by atoms with Gasteiger partial charge in [-0.15, -0.1) is 0 Å². The number of halogens is 1. The Morgan fingerprint density at radius 2 is 1.93 bits per heavy atom. The predicted octanol–water partition coefficient (Wildman–Crippen LogP) is 2.28. The van der Waals surface area contributed by atoms with Gasteiger partial charge in [0.25, 0.3) is 11.5 Å². The second-order valence-electron chi connectivity index (χ2n) is 7.04. The van der Waals surface area contributed by atoms with E-state index >= 15 is 0 Å². The number of carbonyl (C=O) groups is 1. The molecule has 3 aromatic heterocycles. The van der Waals surface area contributed by atoms with Crippen LogP contribution in [0.1, 0.15) is 39.2 Å². The molecule has 0 bridgehead atoms. The highest BCUT2D eigenvalue weighted by molar-refractivity contribution is 5.92. The SMILES string of the molecule is Cc1cnc(C(=O)N[C@H](Cc2cc(=O)n3[nH]c(C)cc3n2)c2ccc(F)cc2)cn1. The van der Waals surface area contributed by atoms with Crippen LogP contribution in [0.3, 0.4) is 0 Å². The lowest BCUT2D eigenvalue weighted by atomic mass is 10.0. The number of amides is 1. The van der Waals surface area contributed by atoms with Gasteiger partial charge in [0.2, 0.25) is 0 Å². The van der Waals surface area contributed by atoms with Crippen molar-refractivity contribution in [2.75, 3.05) is 0 Å². The Bertz CT molecular complexity index is 1260. The first-order valence-electron chi connectivity index (χ1n) is 9.32. The number of aryl methyl sites for hydroxylation is 2. The quantitative estimate of drug-likeness (QED) is 0.529. The van der Waals surface area contributed by atoms with Gasteiger partial charge in [0.15, 0.2) is 5.65 Å². The third-order valence-corrected chi connectivity index (χ3v) is 4.64. The predicted molar refractivity (Wildman–Crippen MR) is 108 cm³/mol. The summed E-state index contributed by atoms with van der Waals surface area (Å²) in [6.45, 7) is 3.61. The number of hydrogen-bond acceptors (Lipinski definition) is 5. The number of hydrogen-bond donors (Lipinski definition) is 2. The zero-order chi connectivity index (χ0) is 21.3. The van der Waals surface area contributed by atoms with Crippen molar-refractivity contribution in [3.05, 3.63) is 93.3 Å². The summed E-state index contributed by atoms with van der Waals surface area (Å²) in [6, 6.07) is 8.45. The zero-order valence-corrected chi connectivity index (χ0v) is 16.4. The first kappa shape index (κ1) is 19.4. The maximum Gasteiger partial charge on any atom is 0.272 e. The fourth-order valence-electron chi connectivity index (χ4n) is 3.16. The molecule has 0 spiro atoms. The van der Waals surface area contributed by atoms with E-state index in [1.165, 1.54) is 35.1 Å². The lowest BCUT2D eigenvalue weighted by molar-refractivity contribution is 0.0931. The van der Waals surface area contributed by atoms with Crippen LogP contribution < -0.4 is 10.9 Å². The molecule has 1 atom stereocenters. The Balaban J connectivity index is 1.66. The van der Waals surface area contributed by atoms with Crippen molar-refractivity contribution in [1.82, 2.24) is 29.9 Å². The molecule has 0 radical (unpaired) electrons. The summed E-state index contributed by atoms with van der Waals surface area (Å²) in [4.78, 5) is 37.8. The molecule has 1 aromatic carbocycles. The number of nitrogens with one attached hydrogen (secondary N) is 2. The lowest BCUT2D eigenvalue weighted by Gasteiger charge is -2.19. The third kappa shape index (κ3) is 4.09. The molecule has 0 aliphatic heterocycles. The number of aromatic amines is 1. The van der Waals surface area contributed by atoms with Gasteiger partial charge in [-0.1, -0.05) is 12.1 Å². The topological polar surface area (TPSA) is 105 Å². The molecule has 8 nitrogen and oxygen atoms in total. The highest BCUT2D eigenvalue weighted by Crippen LogP contribution is 2.19. The van der Waals surface area contributed by atoms with Crippen LogP contribution in [0.25, 0.3) is 5.65 Å². The molecule has 152 valence electrons. The second kappa shape index (κ2) is 7.86. The summed E-state index contributed by atoms with van der Waals surface area (Å²) in [7, 11) is 0. The van der Waals surface area contributed by atoms with Crippen molar-refractivity contribution in [3.8, 4) is 0 Å². The van der Waals surface area contributed by atoms with Gasteiger partial charge < -0.3 is 5.32 Å². The van der Waals surface area contributed by atoms with E-state index in [9.17, 15) is 14.0 Å². The van der Waals surface area contributed by atoms with Crippen LogP contribution in [0, 0.1) is 19.7 Å². The summed E-state index contributed by atoms with van der Waals surface area (Å²) in [5.74, 6) is -0.805. The molecule has 0 aliphatic carbocycles. The van der Waals surface area contributed by atoms with Gasteiger partial charge in [-0.2, -0.15) is 0 Å². The minimum Gasteiger partial charge on any atom is -0.343 e. The lowest BCUT2D eigenvalue weighted by Crippen LogP contribution is -2.31.